The summed E-state index contributed by atoms with van der Waals surface area (Å²) < 4.78 is 0. The maximum atomic E-state index is 11.9. The van der Waals surface area contributed by atoms with Crippen molar-refractivity contribution in [2.75, 3.05) is 0 Å². The lowest BCUT2D eigenvalue weighted by molar-refractivity contribution is -0.119. The topological polar surface area (TPSA) is 17.1 Å². The highest BCUT2D eigenvalue weighted by Gasteiger charge is 2.31. The Morgan fingerprint density at radius 1 is 1.25 bits per heavy atom. The van der Waals surface area contributed by atoms with Gasteiger partial charge in [-0.05, 0) is 24.0 Å². The third-order valence-corrected chi connectivity index (χ3v) is 3.36. The maximum Gasteiger partial charge on any atom is 0.159 e. The summed E-state index contributed by atoms with van der Waals surface area (Å²) in [5.74, 6) is 0.183. The first-order valence-corrected chi connectivity index (χ1v) is 5.72. The van der Waals surface area contributed by atoms with E-state index < -0.39 is 0 Å². The van der Waals surface area contributed by atoms with Crippen molar-refractivity contribution >= 4 is 5.78 Å². The zero-order valence-corrected chi connectivity index (χ0v) is 10.5. The molecule has 1 aromatic carbocycles. The largest absolute Gasteiger partial charge is 0.295 e. The second kappa shape index (κ2) is 5.11. The van der Waals surface area contributed by atoms with Crippen LogP contribution in [-0.2, 0) is 10.2 Å². The summed E-state index contributed by atoms with van der Waals surface area (Å²) in [7, 11) is 0. The van der Waals surface area contributed by atoms with Crippen LogP contribution >= 0.6 is 0 Å². The molecule has 0 aliphatic rings. The fraction of sp³-hybridized carbons (Fsp3) is 0.400. The number of hydrogen-bond acceptors (Lipinski definition) is 1. The monoisotopic (exact) mass is 216 g/mol. The molecule has 16 heavy (non-hydrogen) atoms. The molecule has 1 atom stereocenters. The summed E-state index contributed by atoms with van der Waals surface area (Å²) in [5.41, 5.74) is 1.08. The molecule has 0 amide bonds. The minimum absolute atomic E-state index is 0.00824. The number of hydrogen-bond donors (Lipinski definition) is 0. The van der Waals surface area contributed by atoms with Crippen LogP contribution in [0.2, 0.25) is 0 Å². The van der Waals surface area contributed by atoms with Gasteiger partial charge in [0, 0.05) is 5.92 Å². The molecule has 0 fully saturated rings. The molecule has 0 heterocycles. The molecule has 86 valence electrons. The van der Waals surface area contributed by atoms with Gasteiger partial charge in [-0.3, -0.25) is 4.79 Å². The molecule has 0 radical (unpaired) electrons. The van der Waals surface area contributed by atoms with E-state index in [4.69, 9.17) is 0 Å². The number of benzene rings is 1. The van der Waals surface area contributed by atoms with Crippen LogP contribution in [0.4, 0.5) is 0 Å². The molecule has 0 saturated carbocycles. The minimum Gasteiger partial charge on any atom is -0.295 e. The van der Waals surface area contributed by atoms with Gasteiger partial charge in [0.15, 0.2) is 5.78 Å². The predicted molar refractivity (Wildman–Crippen MR) is 68.5 cm³/mol. The van der Waals surface area contributed by atoms with Crippen LogP contribution in [0.1, 0.15) is 33.3 Å². The van der Waals surface area contributed by atoms with E-state index in [2.05, 4.69) is 26.0 Å². The van der Waals surface area contributed by atoms with Crippen molar-refractivity contribution in [3.8, 4) is 0 Å². The lowest BCUT2D eigenvalue weighted by atomic mass is 9.72. The van der Waals surface area contributed by atoms with Crippen molar-refractivity contribution in [2.45, 2.75) is 33.1 Å². The van der Waals surface area contributed by atoms with Gasteiger partial charge < -0.3 is 0 Å². The van der Waals surface area contributed by atoms with E-state index in [1.54, 1.807) is 12.2 Å². The molecule has 0 bridgehead atoms. The second-order valence-electron chi connectivity index (χ2n) is 4.71. The molecule has 0 aliphatic heterocycles. The van der Waals surface area contributed by atoms with Gasteiger partial charge in [0.05, 0.1) is 0 Å². The molecular formula is C15H20O. The van der Waals surface area contributed by atoms with Crippen LogP contribution in [0.25, 0.3) is 0 Å². The fourth-order valence-electron chi connectivity index (χ4n) is 1.78. The first kappa shape index (κ1) is 12.7. The smallest absolute Gasteiger partial charge is 0.159 e. The maximum absolute atomic E-state index is 11.9. The van der Waals surface area contributed by atoms with Crippen LogP contribution in [0.3, 0.4) is 0 Å². The van der Waals surface area contributed by atoms with Gasteiger partial charge >= 0.3 is 0 Å². The Morgan fingerprint density at radius 3 is 2.31 bits per heavy atom. The van der Waals surface area contributed by atoms with Crippen LogP contribution in [-0.4, -0.2) is 5.78 Å². The highest BCUT2D eigenvalue weighted by atomic mass is 16.1. The van der Waals surface area contributed by atoms with E-state index in [-0.39, 0.29) is 17.1 Å². The van der Waals surface area contributed by atoms with E-state index in [1.807, 2.05) is 32.0 Å². The normalized spacial score (nSPS) is 14.0. The molecule has 1 nitrogen and oxygen atoms in total. The van der Waals surface area contributed by atoms with Crippen LogP contribution in [0.15, 0.2) is 42.5 Å². The third-order valence-electron chi connectivity index (χ3n) is 3.36. The molecule has 1 rings (SSSR count). The number of rotatable bonds is 4. The molecule has 0 spiro atoms. The van der Waals surface area contributed by atoms with Crippen molar-refractivity contribution in [2.24, 2.45) is 5.92 Å². The van der Waals surface area contributed by atoms with Gasteiger partial charge in [0.25, 0.3) is 0 Å². The van der Waals surface area contributed by atoms with Gasteiger partial charge in [0.1, 0.15) is 0 Å². The van der Waals surface area contributed by atoms with Crippen molar-refractivity contribution in [3.05, 3.63) is 48.0 Å². The predicted octanol–water partition coefficient (Wildman–Crippen LogP) is 3.75. The number of allylic oxidation sites excluding steroid dienone is 2. The average Bonchev–Trinajstić information content (AvgIpc) is 2.29. The van der Waals surface area contributed by atoms with Crippen LogP contribution < -0.4 is 0 Å². The molecule has 0 aromatic heterocycles. The Bertz CT molecular complexity index is 374. The summed E-state index contributed by atoms with van der Waals surface area (Å²) in [6, 6.07) is 10.2. The minimum atomic E-state index is -0.127. The summed E-state index contributed by atoms with van der Waals surface area (Å²) in [4.78, 5) is 11.9. The number of carbonyl (C=O) groups is 1. The molecular weight excluding hydrogens is 196 g/mol. The van der Waals surface area contributed by atoms with Gasteiger partial charge in [-0.25, -0.2) is 0 Å². The molecule has 0 N–H and O–H groups in total. The highest BCUT2D eigenvalue weighted by molar-refractivity contribution is 5.92. The first-order chi connectivity index (χ1) is 7.50. The third kappa shape index (κ3) is 2.60. The van der Waals surface area contributed by atoms with Crippen molar-refractivity contribution in [1.82, 2.24) is 0 Å². The van der Waals surface area contributed by atoms with E-state index in [0.29, 0.717) is 0 Å². The lowest BCUT2D eigenvalue weighted by Gasteiger charge is -2.30. The quantitative estimate of drug-likeness (QED) is 0.701. The summed E-state index contributed by atoms with van der Waals surface area (Å²) >= 11 is 0. The lowest BCUT2D eigenvalue weighted by Crippen LogP contribution is -2.31. The van der Waals surface area contributed by atoms with Gasteiger partial charge in [-0.1, -0.05) is 57.2 Å². The Balaban J connectivity index is 2.98. The standard InChI is InChI=1S/C15H20O/c1-5-9-14(16)12(2)15(3,4)13-10-7-6-8-11-13/h5-12H,1-4H3/b9-5+/t12-/m0/s1. The van der Waals surface area contributed by atoms with Crippen molar-refractivity contribution in [1.29, 1.82) is 0 Å². The van der Waals surface area contributed by atoms with Crippen LogP contribution in [0.5, 0.6) is 0 Å². The SMILES string of the molecule is C/C=C/C(=O)[C@H](C)C(C)(C)c1ccccc1. The van der Waals surface area contributed by atoms with E-state index in [1.165, 1.54) is 5.56 Å². The highest BCUT2D eigenvalue weighted by Crippen LogP contribution is 2.32. The second-order valence-corrected chi connectivity index (χ2v) is 4.71. The summed E-state index contributed by atoms with van der Waals surface area (Å²) in [5, 5.41) is 0. The summed E-state index contributed by atoms with van der Waals surface area (Å²) in [6.07, 6.45) is 3.47. The van der Waals surface area contributed by atoms with E-state index in [9.17, 15) is 4.79 Å². The fourth-order valence-corrected chi connectivity index (χ4v) is 1.78. The average molecular weight is 216 g/mol. The molecule has 0 aliphatic carbocycles. The Hall–Kier alpha value is -1.37. The van der Waals surface area contributed by atoms with Crippen molar-refractivity contribution in [3.63, 3.8) is 0 Å². The van der Waals surface area contributed by atoms with E-state index >= 15 is 0 Å². The Morgan fingerprint density at radius 2 is 1.81 bits per heavy atom. The number of ketones is 1. The Labute approximate surface area is 98.2 Å². The zero-order chi connectivity index (χ0) is 12.2. The Kier molecular flexibility index (Phi) is 4.05. The molecule has 0 saturated heterocycles. The zero-order valence-electron chi connectivity index (χ0n) is 10.5. The first-order valence-electron chi connectivity index (χ1n) is 5.72. The van der Waals surface area contributed by atoms with Gasteiger partial charge in [0.2, 0.25) is 0 Å². The van der Waals surface area contributed by atoms with Gasteiger partial charge in [-0.2, -0.15) is 0 Å². The van der Waals surface area contributed by atoms with Crippen LogP contribution in [0, 0.1) is 5.92 Å². The summed E-state index contributed by atoms with van der Waals surface area (Å²) in [6.45, 7) is 8.11. The van der Waals surface area contributed by atoms with Crippen molar-refractivity contribution < 1.29 is 4.79 Å². The molecule has 1 aromatic rings. The number of carbonyl (C=O) groups excluding carboxylic acids is 1. The van der Waals surface area contributed by atoms with Gasteiger partial charge in [-0.15, -0.1) is 0 Å². The van der Waals surface area contributed by atoms with E-state index in [0.717, 1.165) is 0 Å². The molecule has 1 heteroatoms. The molecule has 0 unspecified atom stereocenters.